The Morgan fingerprint density at radius 2 is 1.50 bits per heavy atom. The van der Waals surface area contributed by atoms with Crippen LogP contribution < -0.4 is 4.57 Å². The Labute approximate surface area is 248 Å². The fourth-order valence-electron chi connectivity index (χ4n) is 7.24. The van der Waals surface area contributed by atoms with Crippen molar-refractivity contribution in [3.8, 4) is 28.5 Å². The van der Waals surface area contributed by atoms with Crippen LogP contribution in [0.1, 0.15) is 80.0 Å². The normalized spacial score (nSPS) is 14.3. The minimum absolute atomic E-state index is 0.381. The number of nitriles is 1. The number of furan rings is 1. The van der Waals surface area contributed by atoms with E-state index in [0.717, 1.165) is 44.3 Å². The first-order valence-corrected chi connectivity index (χ1v) is 15.4. The number of aromatic nitrogens is 1. The first-order chi connectivity index (χ1) is 20.5. The number of para-hydroxylation sites is 1. The Hall–Kier alpha value is -4.42. The number of hydrogen-bond donors (Lipinski definition) is 0. The highest BCUT2D eigenvalue weighted by molar-refractivity contribution is 6.14. The van der Waals surface area contributed by atoms with Crippen LogP contribution in [0.4, 0.5) is 0 Å². The highest BCUT2D eigenvalue weighted by Crippen LogP contribution is 2.43. The molecule has 42 heavy (non-hydrogen) atoms. The Morgan fingerprint density at radius 1 is 0.810 bits per heavy atom. The van der Waals surface area contributed by atoms with Crippen LogP contribution >= 0.6 is 0 Å². The molecule has 6 aromatic rings. The molecule has 1 saturated carbocycles. The zero-order valence-corrected chi connectivity index (χ0v) is 25.0. The molecule has 0 amide bonds. The molecular weight excluding hydrogens is 512 g/mol. The van der Waals surface area contributed by atoms with Crippen LogP contribution in [0.25, 0.3) is 55.2 Å². The van der Waals surface area contributed by atoms with E-state index in [9.17, 15) is 5.26 Å². The summed E-state index contributed by atoms with van der Waals surface area (Å²) < 4.78 is 9.19. The van der Waals surface area contributed by atoms with Gasteiger partial charge in [-0.1, -0.05) is 81.6 Å². The van der Waals surface area contributed by atoms with Gasteiger partial charge >= 0.3 is 0 Å². The molecule has 0 atom stereocenters. The maximum Gasteiger partial charge on any atom is 0.217 e. The Morgan fingerprint density at radius 3 is 2.21 bits per heavy atom. The quantitative estimate of drug-likeness (QED) is 0.205. The molecule has 4 aromatic carbocycles. The van der Waals surface area contributed by atoms with Gasteiger partial charge in [0.2, 0.25) is 11.2 Å². The average Bonchev–Trinajstić information content (AvgIpc) is 3.40. The molecule has 0 bridgehead atoms. The molecule has 0 spiro atoms. The molecule has 0 unspecified atom stereocenters. The second-order valence-electron chi connectivity index (χ2n) is 12.4. The fourth-order valence-corrected chi connectivity index (χ4v) is 7.24. The summed E-state index contributed by atoms with van der Waals surface area (Å²) in [4.78, 5) is 0. The molecule has 1 aliphatic carbocycles. The van der Waals surface area contributed by atoms with Gasteiger partial charge in [-0.25, -0.2) is 0 Å². The van der Waals surface area contributed by atoms with Crippen LogP contribution in [0, 0.1) is 18.3 Å². The standard InChI is InChI=1S/C39H37N2O/c1-24(2)33-22-35(41(4)34-13-9-8-12-30(33)34)36-25(3)14-20-31-32-21-19-29(23-40)37(39(32)42-38(31)36)28-17-15-27(16-18-28)26-10-6-5-7-11-26/h8-9,12-22,24,26H,5-7,10-11H2,1-4H3/q+1. The van der Waals surface area contributed by atoms with Crippen molar-refractivity contribution in [1.29, 1.82) is 5.26 Å². The molecule has 208 valence electrons. The van der Waals surface area contributed by atoms with Crippen molar-refractivity contribution >= 4 is 32.8 Å². The van der Waals surface area contributed by atoms with Crippen LogP contribution in [0.5, 0.6) is 0 Å². The maximum absolute atomic E-state index is 10.2. The zero-order chi connectivity index (χ0) is 29.0. The highest BCUT2D eigenvalue weighted by atomic mass is 16.3. The Kier molecular flexibility index (Phi) is 6.59. The van der Waals surface area contributed by atoms with E-state index in [4.69, 9.17) is 4.42 Å². The largest absolute Gasteiger partial charge is 0.454 e. The van der Waals surface area contributed by atoms with Gasteiger partial charge in [0.25, 0.3) is 0 Å². The molecule has 0 aliphatic heterocycles. The molecule has 1 aliphatic rings. The number of pyridine rings is 1. The average molecular weight is 550 g/mol. The van der Waals surface area contributed by atoms with E-state index in [2.05, 4.69) is 111 Å². The van der Waals surface area contributed by atoms with Crippen LogP contribution in [0.15, 0.2) is 83.3 Å². The van der Waals surface area contributed by atoms with Crippen LogP contribution in [0.2, 0.25) is 0 Å². The lowest BCUT2D eigenvalue weighted by molar-refractivity contribution is -0.633. The van der Waals surface area contributed by atoms with Gasteiger partial charge in [-0.05, 0) is 72.1 Å². The van der Waals surface area contributed by atoms with Gasteiger partial charge in [0.1, 0.15) is 18.2 Å². The van der Waals surface area contributed by atoms with Crippen LogP contribution in [-0.4, -0.2) is 0 Å². The van der Waals surface area contributed by atoms with Crippen molar-refractivity contribution in [2.45, 2.75) is 64.7 Å². The van der Waals surface area contributed by atoms with E-state index in [1.54, 1.807) is 0 Å². The first-order valence-electron chi connectivity index (χ1n) is 15.4. The van der Waals surface area contributed by atoms with Gasteiger partial charge in [-0.3, -0.25) is 0 Å². The molecule has 0 N–H and O–H groups in total. The monoisotopic (exact) mass is 549 g/mol. The summed E-state index contributed by atoms with van der Waals surface area (Å²) in [6, 6.07) is 30.8. The predicted octanol–water partition coefficient (Wildman–Crippen LogP) is 10.2. The van der Waals surface area contributed by atoms with E-state index in [1.165, 1.54) is 59.7 Å². The lowest BCUT2D eigenvalue weighted by Gasteiger charge is -2.22. The van der Waals surface area contributed by atoms with Crippen molar-refractivity contribution in [2.24, 2.45) is 7.05 Å². The van der Waals surface area contributed by atoms with Crippen molar-refractivity contribution in [3.05, 3.63) is 101 Å². The van der Waals surface area contributed by atoms with E-state index < -0.39 is 0 Å². The van der Waals surface area contributed by atoms with E-state index in [0.29, 0.717) is 17.4 Å². The smallest absolute Gasteiger partial charge is 0.217 e. The number of hydrogen-bond acceptors (Lipinski definition) is 2. The summed E-state index contributed by atoms with van der Waals surface area (Å²) in [7, 11) is 2.15. The van der Waals surface area contributed by atoms with Gasteiger partial charge in [-0.2, -0.15) is 9.83 Å². The highest BCUT2D eigenvalue weighted by Gasteiger charge is 2.26. The number of aryl methyl sites for hydroxylation is 2. The molecule has 2 aromatic heterocycles. The van der Waals surface area contributed by atoms with Crippen LogP contribution in [-0.2, 0) is 7.05 Å². The topological polar surface area (TPSA) is 40.8 Å². The second-order valence-corrected chi connectivity index (χ2v) is 12.4. The third-order valence-electron chi connectivity index (χ3n) is 9.52. The molecule has 2 heterocycles. The summed E-state index contributed by atoms with van der Waals surface area (Å²) >= 11 is 0. The van der Waals surface area contributed by atoms with Gasteiger partial charge < -0.3 is 4.42 Å². The van der Waals surface area contributed by atoms with Crippen LogP contribution in [0.3, 0.4) is 0 Å². The minimum Gasteiger partial charge on any atom is -0.454 e. The molecule has 1 fully saturated rings. The maximum atomic E-state index is 10.2. The Bertz CT molecular complexity index is 2020. The van der Waals surface area contributed by atoms with Crippen molar-refractivity contribution in [2.75, 3.05) is 0 Å². The Balaban J connectivity index is 1.47. The molecule has 0 saturated heterocycles. The number of fused-ring (bicyclic) bond motifs is 4. The minimum atomic E-state index is 0.381. The lowest BCUT2D eigenvalue weighted by Crippen LogP contribution is -2.33. The number of benzene rings is 4. The van der Waals surface area contributed by atoms with Gasteiger partial charge in [0, 0.05) is 33.9 Å². The molecule has 0 radical (unpaired) electrons. The van der Waals surface area contributed by atoms with E-state index in [1.807, 2.05) is 6.07 Å². The second kappa shape index (κ2) is 10.4. The zero-order valence-electron chi connectivity index (χ0n) is 25.0. The third kappa shape index (κ3) is 4.21. The number of rotatable bonds is 4. The van der Waals surface area contributed by atoms with Crippen molar-refractivity contribution in [3.63, 3.8) is 0 Å². The van der Waals surface area contributed by atoms with Gasteiger partial charge in [0.15, 0.2) is 0 Å². The molecule has 3 heteroatoms. The summed E-state index contributed by atoms with van der Waals surface area (Å²) in [5.74, 6) is 1.03. The molecular formula is C39H37N2O+. The van der Waals surface area contributed by atoms with E-state index >= 15 is 0 Å². The SMILES string of the molecule is Cc1ccc2c(oc3c(-c4ccc(C5CCCCC5)cc4)c(C#N)ccc32)c1-c1cc(C(C)C)c2ccccc2[n+]1C. The van der Waals surface area contributed by atoms with Crippen molar-refractivity contribution < 1.29 is 8.98 Å². The fraction of sp³-hybridized carbons (Fsp3) is 0.282. The first kappa shape index (κ1) is 26.5. The van der Waals surface area contributed by atoms with Gasteiger partial charge in [0.05, 0.1) is 17.2 Å². The summed E-state index contributed by atoms with van der Waals surface area (Å²) in [6.45, 7) is 6.68. The summed E-state index contributed by atoms with van der Waals surface area (Å²) in [6.07, 6.45) is 6.53. The van der Waals surface area contributed by atoms with E-state index in [-0.39, 0.29) is 0 Å². The summed E-state index contributed by atoms with van der Waals surface area (Å²) in [5, 5.41) is 13.6. The number of nitrogens with zero attached hydrogens (tertiary/aromatic N) is 2. The lowest BCUT2D eigenvalue weighted by atomic mass is 9.83. The molecule has 7 rings (SSSR count). The molecule has 3 nitrogen and oxygen atoms in total. The van der Waals surface area contributed by atoms with Crippen molar-refractivity contribution in [1.82, 2.24) is 0 Å². The third-order valence-corrected chi connectivity index (χ3v) is 9.52. The van der Waals surface area contributed by atoms with Gasteiger partial charge in [-0.15, -0.1) is 0 Å². The summed E-state index contributed by atoms with van der Waals surface area (Å²) in [5.41, 5.74) is 11.6. The predicted molar refractivity (Wildman–Crippen MR) is 173 cm³/mol.